The van der Waals surface area contributed by atoms with Crippen molar-refractivity contribution in [1.29, 1.82) is 0 Å². The highest BCUT2D eigenvalue weighted by Crippen LogP contribution is 2.26. The van der Waals surface area contributed by atoms with E-state index < -0.39 is 0 Å². The number of carbonyl (C=O) groups excluding carboxylic acids is 1. The van der Waals surface area contributed by atoms with E-state index in [1.54, 1.807) is 0 Å². The number of hydrogen-bond donors (Lipinski definition) is 3. The van der Waals surface area contributed by atoms with Gasteiger partial charge in [-0.15, -0.1) is 0 Å². The summed E-state index contributed by atoms with van der Waals surface area (Å²) >= 11 is 0. The fourth-order valence-electron chi connectivity index (χ4n) is 3.04. The van der Waals surface area contributed by atoms with Crippen molar-refractivity contribution in [2.45, 2.75) is 32.7 Å². The SMILES string of the molecule is CCC(CCO)NC(=O)Nc1ccccc1N1CCN(CC)CC1. The summed E-state index contributed by atoms with van der Waals surface area (Å²) in [5.74, 6) is 0. The van der Waals surface area contributed by atoms with Crippen molar-refractivity contribution < 1.29 is 9.90 Å². The molecule has 1 aliphatic heterocycles. The molecule has 134 valence electrons. The van der Waals surface area contributed by atoms with Crippen molar-refractivity contribution in [3.8, 4) is 0 Å². The normalized spacial score (nSPS) is 16.7. The minimum atomic E-state index is -0.213. The van der Waals surface area contributed by atoms with E-state index in [0.717, 1.165) is 50.5 Å². The second-order valence-corrected chi connectivity index (χ2v) is 6.15. The summed E-state index contributed by atoms with van der Waals surface area (Å²) in [6, 6.07) is 7.72. The van der Waals surface area contributed by atoms with Gasteiger partial charge >= 0.3 is 6.03 Å². The minimum absolute atomic E-state index is 0.00439. The summed E-state index contributed by atoms with van der Waals surface area (Å²) in [5, 5.41) is 14.9. The zero-order valence-electron chi connectivity index (χ0n) is 14.8. The largest absolute Gasteiger partial charge is 0.396 e. The third kappa shape index (κ3) is 5.11. The van der Waals surface area contributed by atoms with E-state index >= 15 is 0 Å². The second-order valence-electron chi connectivity index (χ2n) is 6.15. The molecule has 0 aromatic heterocycles. The van der Waals surface area contributed by atoms with E-state index in [1.807, 2.05) is 25.1 Å². The Bertz CT molecular complexity index is 515. The predicted octanol–water partition coefficient (Wildman–Crippen LogP) is 2.11. The lowest BCUT2D eigenvalue weighted by molar-refractivity contribution is 0.237. The van der Waals surface area contributed by atoms with Crippen LogP contribution in [0, 0.1) is 0 Å². The van der Waals surface area contributed by atoms with Crippen molar-refractivity contribution in [3.63, 3.8) is 0 Å². The van der Waals surface area contributed by atoms with Gasteiger partial charge in [0.05, 0.1) is 11.4 Å². The zero-order valence-corrected chi connectivity index (χ0v) is 14.8. The number of nitrogens with zero attached hydrogens (tertiary/aromatic N) is 2. The molecular formula is C18H30N4O2. The molecule has 2 rings (SSSR count). The summed E-state index contributed by atoms with van der Waals surface area (Å²) in [4.78, 5) is 17.0. The van der Waals surface area contributed by atoms with Crippen molar-refractivity contribution >= 4 is 17.4 Å². The first-order chi connectivity index (χ1) is 11.7. The molecule has 6 heteroatoms. The Balaban J connectivity index is 1.99. The first-order valence-electron chi connectivity index (χ1n) is 8.92. The number of urea groups is 1. The topological polar surface area (TPSA) is 67.8 Å². The maximum atomic E-state index is 12.3. The van der Waals surface area contributed by atoms with Crippen LogP contribution in [0.3, 0.4) is 0 Å². The van der Waals surface area contributed by atoms with Gasteiger partial charge in [-0.2, -0.15) is 0 Å². The Morgan fingerprint density at radius 3 is 2.54 bits per heavy atom. The number of para-hydroxylation sites is 2. The van der Waals surface area contributed by atoms with Crippen LogP contribution in [-0.4, -0.2) is 61.4 Å². The number of carbonyl (C=O) groups is 1. The number of aliphatic hydroxyl groups excluding tert-OH is 1. The van der Waals surface area contributed by atoms with E-state index in [2.05, 4.69) is 33.4 Å². The van der Waals surface area contributed by atoms with Crippen LogP contribution in [0.5, 0.6) is 0 Å². The highest BCUT2D eigenvalue weighted by atomic mass is 16.3. The van der Waals surface area contributed by atoms with Crippen molar-refractivity contribution in [2.24, 2.45) is 0 Å². The zero-order chi connectivity index (χ0) is 17.4. The first kappa shape index (κ1) is 18.5. The maximum absolute atomic E-state index is 12.3. The first-order valence-corrected chi connectivity index (χ1v) is 8.92. The molecule has 3 N–H and O–H groups in total. The number of hydrogen-bond acceptors (Lipinski definition) is 4. The number of aliphatic hydroxyl groups is 1. The van der Waals surface area contributed by atoms with Gasteiger partial charge in [0, 0.05) is 38.8 Å². The number of rotatable bonds is 7. The van der Waals surface area contributed by atoms with E-state index in [1.165, 1.54) is 0 Å². The maximum Gasteiger partial charge on any atom is 0.319 e. The predicted molar refractivity (Wildman–Crippen MR) is 98.7 cm³/mol. The van der Waals surface area contributed by atoms with Gasteiger partial charge in [0.25, 0.3) is 0 Å². The fraction of sp³-hybridized carbons (Fsp3) is 0.611. The van der Waals surface area contributed by atoms with Crippen LogP contribution in [0.25, 0.3) is 0 Å². The Labute approximate surface area is 144 Å². The van der Waals surface area contributed by atoms with Crippen molar-refractivity contribution in [1.82, 2.24) is 10.2 Å². The second kappa shape index (κ2) is 9.49. The van der Waals surface area contributed by atoms with Crippen LogP contribution in [0.4, 0.5) is 16.2 Å². The number of likely N-dealkylation sites (N-methyl/N-ethyl adjacent to an activating group) is 1. The molecule has 1 atom stereocenters. The molecule has 1 fully saturated rings. The van der Waals surface area contributed by atoms with Gasteiger partial charge in [0.2, 0.25) is 0 Å². The fourth-order valence-corrected chi connectivity index (χ4v) is 3.04. The summed E-state index contributed by atoms with van der Waals surface area (Å²) in [6.07, 6.45) is 1.37. The van der Waals surface area contributed by atoms with Gasteiger partial charge in [-0.1, -0.05) is 26.0 Å². The van der Waals surface area contributed by atoms with E-state index in [0.29, 0.717) is 6.42 Å². The molecule has 2 amide bonds. The minimum Gasteiger partial charge on any atom is -0.396 e. The number of nitrogens with one attached hydrogen (secondary N) is 2. The number of amides is 2. The van der Waals surface area contributed by atoms with Crippen LogP contribution < -0.4 is 15.5 Å². The Hall–Kier alpha value is -1.79. The molecule has 1 unspecified atom stereocenters. The van der Waals surface area contributed by atoms with Crippen LogP contribution in [0.15, 0.2) is 24.3 Å². The molecule has 0 saturated carbocycles. The molecule has 0 radical (unpaired) electrons. The quantitative estimate of drug-likeness (QED) is 0.714. The lowest BCUT2D eigenvalue weighted by Gasteiger charge is -2.36. The Morgan fingerprint density at radius 2 is 1.92 bits per heavy atom. The van der Waals surface area contributed by atoms with Crippen LogP contribution in [0.1, 0.15) is 26.7 Å². The Morgan fingerprint density at radius 1 is 1.21 bits per heavy atom. The highest BCUT2D eigenvalue weighted by molar-refractivity contribution is 5.93. The van der Waals surface area contributed by atoms with Crippen LogP contribution in [-0.2, 0) is 0 Å². The van der Waals surface area contributed by atoms with Crippen LogP contribution >= 0.6 is 0 Å². The highest BCUT2D eigenvalue weighted by Gasteiger charge is 2.19. The summed E-state index contributed by atoms with van der Waals surface area (Å²) in [5.41, 5.74) is 1.90. The van der Waals surface area contributed by atoms with E-state index in [-0.39, 0.29) is 18.7 Å². The molecule has 0 spiro atoms. The van der Waals surface area contributed by atoms with Crippen molar-refractivity contribution in [2.75, 3.05) is 49.5 Å². The monoisotopic (exact) mass is 334 g/mol. The van der Waals surface area contributed by atoms with Gasteiger partial charge < -0.3 is 25.5 Å². The molecular weight excluding hydrogens is 304 g/mol. The average molecular weight is 334 g/mol. The lowest BCUT2D eigenvalue weighted by Crippen LogP contribution is -2.46. The molecule has 1 aromatic rings. The molecule has 24 heavy (non-hydrogen) atoms. The third-order valence-electron chi connectivity index (χ3n) is 4.62. The molecule has 1 aliphatic rings. The number of anilines is 2. The summed E-state index contributed by atoms with van der Waals surface area (Å²) in [6.45, 7) is 9.38. The lowest BCUT2D eigenvalue weighted by atomic mass is 10.1. The van der Waals surface area contributed by atoms with Gasteiger partial charge in [0.1, 0.15) is 0 Å². The number of piperazine rings is 1. The van der Waals surface area contributed by atoms with Gasteiger partial charge in [-0.25, -0.2) is 4.79 Å². The Kier molecular flexibility index (Phi) is 7.34. The molecule has 1 saturated heterocycles. The van der Waals surface area contributed by atoms with Gasteiger partial charge in [-0.3, -0.25) is 0 Å². The number of benzene rings is 1. The van der Waals surface area contributed by atoms with Crippen LogP contribution in [0.2, 0.25) is 0 Å². The standard InChI is InChI=1S/C18H30N4O2/c1-3-15(9-14-23)19-18(24)20-16-7-5-6-8-17(16)22-12-10-21(4-2)11-13-22/h5-8,15,23H,3-4,9-14H2,1-2H3,(H2,19,20,24). The molecule has 0 bridgehead atoms. The molecule has 0 aliphatic carbocycles. The van der Waals surface area contributed by atoms with Gasteiger partial charge in [-0.05, 0) is 31.5 Å². The van der Waals surface area contributed by atoms with E-state index in [9.17, 15) is 4.79 Å². The average Bonchev–Trinajstić information content (AvgIpc) is 2.62. The molecule has 1 aromatic carbocycles. The van der Waals surface area contributed by atoms with Gasteiger partial charge in [0.15, 0.2) is 0 Å². The smallest absolute Gasteiger partial charge is 0.319 e. The molecule has 1 heterocycles. The third-order valence-corrected chi connectivity index (χ3v) is 4.62. The molecule has 6 nitrogen and oxygen atoms in total. The van der Waals surface area contributed by atoms with E-state index in [4.69, 9.17) is 5.11 Å². The summed E-state index contributed by atoms with van der Waals surface area (Å²) in [7, 11) is 0. The summed E-state index contributed by atoms with van der Waals surface area (Å²) < 4.78 is 0. The van der Waals surface area contributed by atoms with Crippen molar-refractivity contribution in [3.05, 3.63) is 24.3 Å².